The quantitative estimate of drug-likeness (QED) is 0.603. The van der Waals surface area contributed by atoms with Crippen LogP contribution in [0, 0.1) is 5.92 Å². The highest BCUT2D eigenvalue weighted by atomic mass is 14.3. The van der Waals surface area contributed by atoms with Gasteiger partial charge in [-0.2, -0.15) is 0 Å². The lowest BCUT2D eigenvalue weighted by Crippen LogP contribution is -1.99. The topological polar surface area (TPSA) is 0 Å². The number of allylic oxidation sites excluding steroid dienone is 4. The molecular weight excluding hydrogens is 156 g/mol. The van der Waals surface area contributed by atoms with Crippen molar-refractivity contribution in [3.05, 3.63) is 36.0 Å². The molecule has 0 aliphatic heterocycles. The molecule has 13 heavy (non-hydrogen) atoms. The van der Waals surface area contributed by atoms with E-state index in [0.29, 0.717) is 5.92 Å². The first-order valence-electron chi connectivity index (χ1n) is 5.58. The minimum atomic E-state index is 0.0620. The summed E-state index contributed by atoms with van der Waals surface area (Å²) in [5, 5.41) is 0. The average molecular weight is 178 g/mol. The lowest BCUT2D eigenvalue weighted by Gasteiger charge is -2.13. The normalized spacial score (nSPS) is 25.8. The van der Waals surface area contributed by atoms with Gasteiger partial charge in [0, 0.05) is 7.29 Å². The third-order valence-corrected chi connectivity index (χ3v) is 2.76. The van der Waals surface area contributed by atoms with E-state index in [0.717, 1.165) is 19.3 Å². The van der Waals surface area contributed by atoms with Gasteiger partial charge in [0.1, 0.15) is 0 Å². The van der Waals surface area contributed by atoms with Crippen molar-refractivity contribution in [2.75, 3.05) is 0 Å². The van der Waals surface area contributed by atoms with Crippen LogP contribution in [-0.2, 0) is 0 Å². The zero-order valence-corrected chi connectivity index (χ0v) is 8.77. The van der Waals surface area contributed by atoms with Crippen molar-refractivity contribution in [1.82, 2.24) is 0 Å². The fourth-order valence-corrected chi connectivity index (χ4v) is 1.86. The molecule has 2 atom stereocenters. The second-order valence-corrected chi connectivity index (χ2v) is 3.82. The van der Waals surface area contributed by atoms with Gasteiger partial charge in [0.15, 0.2) is 0 Å². The third-order valence-electron chi connectivity index (χ3n) is 2.76. The molecule has 1 rings (SSSR count). The van der Waals surface area contributed by atoms with E-state index >= 15 is 0 Å². The van der Waals surface area contributed by atoms with Gasteiger partial charge in [-0.05, 0) is 30.1 Å². The van der Waals surface area contributed by atoms with Crippen LogP contribution in [-0.4, -0.2) is 0 Å². The Morgan fingerprint density at radius 3 is 2.62 bits per heavy atom. The molecule has 0 nitrogen and oxygen atoms in total. The molecule has 0 aromatic heterocycles. The Morgan fingerprint density at radius 1 is 1.46 bits per heavy atom. The maximum Gasteiger partial charge on any atom is 0.0264 e. The Bertz CT molecular complexity index is 271. The molecule has 0 bridgehead atoms. The second-order valence-electron chi connectivity index (χ2n) is 3.82. The maximum atomic E-state index is 7.43. The van der Waals surface area contributed by atoms with Gasteiger partial charge in [0.05, 0.1) is 0 Å². The van der Waals surface area contributed by atoms with Crippen LogP contribution in [0.5, 0.6) is 0 Å². The number of hydrogen-bond acceptors (Lipinski definition) is 0. The molecule has 0 heteroatoms. The van der Waals surface area contributed by atoms with Crippen LogP contribution in [0.3, 0.4) is 0 Å². The summed E-state index contributed by atoms with van der Waals surface area (Å²) in [6.45, 7) is 12.2. The Hall–Kier alpha value is -0.780. The molecule has 0 aromatic carbocycles. The highest BCUT2D eigenvalue weighted by Gasteiger charge is 2.21. The van der Waals surface area contributed by atoms with Crippen LogP contribution < -0.4 is 0 Å². The SMILES string of the molecule is [3H]C(C)CCCC1C(=C)C=C(C)C1=C. The van der Waals surface area contributed by atoms with Crippen LogP contribution in [0.2, 0.25) is 0 Å². The molecule has 0 heterocycles. The molecule has 1 aliphatic rings. The van der Waals surface area contributed by atoms with Gasteiger partial charge in [0.25, 0.3) is 0 Å². The molecule has 0 radical (unpaired) electrons. The van der Waals surface area contributed by atoms with E-state index < -0.39 is 0 Å². The molecule has 0 saturated heterocycles. The van der Waals surface area contributed by atoms with E-state index in [4.69, 9.17) is 1.37 Å². The van der Waals surface area contributed by atoms with Crippen molar-refractivity contribution in [1.29, 1.82) is 0 Å². The average Bonchev–Trinajstić information content (AvgIpc) is 2.31. The third kappa shape index (κ3) is 2.33. The summed E-state index contributed by atoms with van der Waals surface area (Å²) in [6.07, 6.45) is 5.39. The van der Waals surface area contributed by atoms with Crippen molar-refractivity contribution in [2.24, 2.45) is 5.92 Å². The van der Waals surface area contributed by atoms with Gasteiger partial charge in [-0.3, -0.25) is 0 Å². The van der Waals surface area contributed by atoms with Crippen LogP contribution in [0.1, 0.15) is 40.9 Å². The summed E-state index contributed by atoms with van der Waals surface area (Å²) in [4.78, 5) is 0. The van der Waals surface area contributed by atoms with E-state index in [1.54, 1.807) is 0 Å². The van der Waals surface area contributed by atoms with E-state index in [1.165, 1.54) is 16.7 Å². The van der Waals surface area contributed by atoms with Crippen LogP contribution in [0.15, 0.2) is 36.0 Å². The van der Waals surface area contributed by atoms with Gasteiger partial charge in [-0.15, -0.1) is 0 Å². The monoisotopic (exact) mass is 178 g/mol. The Balaban J connectivity index is 2.40. The first-order valence-corrected chi connectivity index (χ1v) is 5.01. The van der Waals surface area contributed by atoms with Gasteiger partial charge < -0.3 is 0 Å². The fraction of sp³-hybridized carbons (Fsp3) is 0.538. The first-order chi connectivity index (χ1) is 6.52. The van der Waals surface area contributed by atoms with Gasteiger partial charge in [0.2, 0.25) is 0 Å². The summed E-state index contributed by atoms with van der Waals surface area (Å²) < 4.78 is 7.43. The first kappa shape index (κ1) is 8.80. The lowest BCUT2D eigenvalue weighted by molar-refractivity contribution is 0.593. The maximum absolute atomic E-state index is 7.43. The standard InChI is InChI=1S/C13H20/c1-5-6-7-8-13-11(3)9-10(2)12(13)4/h9,13H,3-8H2,1-2H3/i5T. The smallest absolute Gasteiger partial charge is 0.0264 e. The van der Waals surface area contributed by atoms with Gasteiger partial charge in [-0.1, -0.05) is 45.4 Å². The Morgan fingerprint density at radius 2 is 2.15 bits per heavy atom. The molecule has 2 unspecified atom stereocenters. The Kier molecular flexibility index (Phi) is 3.02. The number of rotatable bonds is 4. The molecule has 1 aliphatic carbocycles. The molecule has 72 valence electrons. The van der Waals surface area contributed by atoms with Gasteiger partial charge >= 0.3 is 0 Å². The van der Waals surface area contributed by atoms with Crippen LogP contribution >= 0.6 is 0 Å². The zero-order chi connectivity index (χ0) is 10.7. The van der Waals surface area contributed by atoms with Crippen LogP contribution in [0.4, 0.5) is 0 Å². The minimum Gasteiger partial charge on any atom is -0.0952 e. The predicted molar refractivity (Wildman–Crippen MR) is 59.7 cm³/mol. The molecule has 0 fully saturated rings. The Labute approximate surface area is 83.4 Å². The van der Waals surface area contributed by atoms with Crippen molar-refractivity contribution in [3.63, 3.8) is 0 Å². The molecule has 0 aromatic rings. The largest absolute Gasteiger partial charge is 0.0952 e. The summed E-state index contributed by atoms with van der Waals surface area (Å²) in [5.41, 5.74) is 3.71. The van der Waals surface area contributed by atoms with E-state index in [1.807, 2.05) is 6.92 Å². The minimum absolute atomic E-state index is 0.0620. The van der Waals surface area contributed by atoms with Crippen molar-refractivity contribution in [2.45, 2.75) is 39.5 Å². The molecule has 0 saturated carbocycles. The molecule has 0 N–H and O–H groups in total. The van der Waals surface area contributed by atoms with E-state index in [-0.39, 0.29) is 6.40 Å². The zero-order valence-electron chi connectivity index (χ0n) is 9.77. The van der Waals surface area contributed by atoms with Crippen molar-refractivity contribution < 1.29 is 1.37 Å². The fourth-order valence-electron chi connectivity index (χ4n) is 1.86. The summed E-state index contributed by atoms with van der Waals surface area (Å²) in [6, 6.07) is 0. The van der Waals surface area contributed by atoms with E-state index in [9.17, 15) is 0 Å². The van der Waals surface area contributed by atoms with Crippen molar-refractivity contribution >= 4 is 0 Å². The highest BCUT2D eigenvalue weighted by Crippen LogP contribution is 2.36. The predicted octanol–water partition coefficient (Wildman–Crippen LogP) is 4.26. The van der Waals surface area contributed by atoms with Crippen LogP contribution in [0.25, 0.3) is 0 Å². The summed E-state index contributed by atoms with van der Waals surface area (Å²) >= 11 is 0. The lowest BCUT2D eigenvalue weighted by atomic mass is 9.92. The molecule has 0 amide bonds. The van der Waals surface area contributed by atoms with Gasteiger partial charge in [-0.25, -0.2) is 0 Å². The second kappa shape index (κ2) is 4.45. The summed E-state index contributed by atoms with van der Waals surface area (Å²) in [7, 11) is 0. The van der Waals surface area contributed by atoms with E-state index in [2.05, 4.69) is 26.2 Å². The highest BCUT2D eigenvalue weighted by molar-refractivity contribution is 5.47. The molecule has 0 spiro atoms. The van der Waals surface area contributed by atoms with Crippen molar-refractivity contribution in [3.8, 4) is 0 Å². The summed E-state index contributed by atoms with van der Waals surface area (Å²) in [5.74, 6) is 0.453. The number of hydrogen-bond donors (Lipinski definition) is 0. The molecular formula is C13H20.